The minimum Gasteiger partial charge on any atom is -0.494 e. The van der Waals surface area contributed by atoms with Crippen molar-refractivity contribution in [2.24, 2.45) is 0 Å². The van der Waals surface area contributed by atoms with Crippen LogP contribution in [0.5, 0.6) is 5.75 Å². The molecule has 0 saturated carbocycles. The lowest BCUT2D eigenvalue weighted by Gasteiger charge is -2.32. The van der Waals surface area contributed by atoms with Crippen LogP contribution in [0.4, 0.5) is 13.2 Å². The summed E-state index contributed by atoms with van der Waals surface area (Å²) in [6, 6.07) is 11.7. The summed E-state index contributed by atoms with van der Waals surface area (Å²) in [7, 11) is 0. The second-order valence-electron chi connectivity index (χ2n) is 8.06. The van der Waals surface area contributed by atoms with Crippen LogP contribution in [0.2, 0.25) is 0 Å². The maximum atomic E-state index is 13.3. The smallest absolute Gasteiger partial charge is 0.418 e. The maximum absolute atomic E-state index is 13.3. The highest BCUT2D eigenvalue weighted by Gasteiger charge is 2.34. The van der Waals surface area contributed by atoms with Crippen molar-refractivity contribution in [1.29, 1.82) is 0 Å². The van der Waals surface area contributed by atoms with Crippen LogP contribution in [0.25, 0.3) is 5.69 Å². The number of hydrogen-bond donors (Lipinski definition) is 1. The van der Waals surface area contributed by atoms with Crippen LogP contribution in [0.15, 0.2) is 54.7 Å². The van der Waals surface area contributed by atoms with E-state index in [9.17, 15) is 22.8 Å². The second kappa shape index (κ2) is 10.2. The molecule has 1 saturated heterocycles. The summed E-state index contributed by atoms with van der Waals surface area (Å²) in [5.74, 6) is 0.0745. The van der Waals surface area contributed by atoms with Crippen molar-refractivity contribution in [2.45, 2.75) is 32.0 Å². The molecule has 3 aromatic rings. The zero-order chi connectivity index (χ0) is 25.0. The number of alkyl halides is 3. The van der Waals surface area contributed by atoms with Gasteiger partial charge in [-0.15, -0.1) is 5.10 Å². The zero-order valence-electron chi connectivity index (χ0n) is 19.0. The molecular formula is C24H24F3N5O3. The normalized spacial score (nSPS) is 14.6. The Kier molecular flexibility index (Phi) is 7.04. The minimum atomic E-state index is -4.57. The lowest BCUT2D eigenvalue weighted by Crippen LogP contribution is -2.46. The topological polar surface area (TPSA) is 89.4 Å². The van der Waals surface area contributed by atoms with Crippen LogP contribution >= 0.6 is 0 Å². The van der Waals surface area contributed by atoms with Crippen molar-refractivity contribution in [1.82, 2.24) is 25.2 Å². The molecule has 0 atom stereocenters. The highest BCUT2D eigenvalue weighted by molar-refractivity contribution is 5.94. The number of ether oxygens (including phenoxy) is 1. The fraction of sp³-hybridized carbons (Fsp3) is 0.333. The molecule has 0 spiro atoms. The van der Waals surface area contributed by atoms with Gasteiger partial charge in [0.25, 0.3) is 11.8 Å². The summed E-state index contributed by atoms with van der Waals surface area (Å²) in [6.07, 6.45) is -2.31. The number of aromatic nitrogens is 3. The van der Waals surface area contributed by atoms with Gasteiger partial charge in [0.05, 0.1) is 24.1 Å². The molecule has 1 aliphatic rings. The largest absolute Gasteiger partial charge is 0.494 e. The fourth-order valence-corrected chi connectivity index (χ4v) is 3.93. The summed E-state index contributed by atoms with van der Waals surface area (Å²) in [6.45, 7) is 3.35. The van der Waals surface area contributed by atoms with E-state index in [-0.39, 0.29) is 23.3 Å². The Bertz CT molecular complexity index is 1190. The number of piperidine rings is 1. The maximum Gasteiger partial charge on any atom is 0.418 e. The van der Waals surface area contributed by atoms with E-state index in [4.69, 9.17) is 4.74 Å². The molecule has 2 heterocycles. The van der Waals surface area contributed by atoms with Gasteiger partial charge in [-0.25, -0.2) is 4.68 Å². The SMILES string of the molecule is CCOc1ccc(C(=O)N2CCC(NC(=O)c3cn(-c4ccccc4C(F)(F)F)nn3)CC2)cc1. The van der Waals surface area contributed by atoms with E-state index in [0.717, 1.165) is 10.7 Å². The van der Waals surface area contributed by atoms with Gasteiger partial charge in [0.2, 0.25) is 0 Å². The van der Waals surface area contributed by atoms with Gasteiger partial charge in [0.15, 0.2) is 5.69 Å². The third-order valence-corrected chi connectivity index (χ3v) is 5.71. The first-order chi connectivity index (χ1) is 16.8. The Labute approximate surface area is 199 Å². The molecule has 0 bridgehead atoms. The number of benzene rings is 2. The number of amides is 2. The fourth-order valence-electron chi connectivity index (χ4n) is 3.93. The van der Waals surface area contributed by atoms with Crippen LogP contribution in [-0.4, -0.2) is 57.4 Å². The van der Waals surface area contributed by atoms with Crippen molar-refractivity contribution >= 4 is 11.8 Å². The molecule has 1 aromatic heterocycles. The van der Waals surface area contributed by atoms with E-state index < -0.39 is 17.6 Å². The molecule has 8 nitrogen and oxygen atoms in total. The molecule has 1 fully saturated rings. The van der Waals surface area contributed by atoms with Gasteiger partial charge in [-0.1, -0.05) is 17.3 Å². The molecule has 184 valence electrons. The Morgan fingerprint density at radius 1 is 1.09 bits per heavy atom. The van der Waals surface area contributed by atoms with Crippen LogP contribution in [0.1, 0.15) is 46.2 Å². The number of para-hydroxylation sites is 1. The zero-order valence-corrected chi connectivity index (χ0v) is 19.0. The van der Waals surface area contributed by atoms with E-state index in [0.29, 0.717) is 43.9 Å². The Morgan fingerprint density at radius 2 is 1.77 bits per heavy atom. The van der Waals surface area contributed by atoms with Crippen molar-refractivity contribution in [2.75, 3.05) is 19.7 Å². The van der Waals surface area contributed by atoms with Gasteiger partial charge in [-0.2, -0.15) is 13.2 Å². The number of halogens is 3. The summed E-state index contributed by atoms with van der Waals surface area (Å²) >= 11 is 0. The van der Waals surface area contributed by atoms with Crippen molar-refractivity contribution in [3.8, 4) is 11.4 Å². The number of carbonyl (C=O) groups is 2. The van der Waals surface area contributed by atoms with E-state index in [1.807, 2.05) is 6.92 Å². The van der Waals surface area contributed by atoms with E-state index in [1.54, 1.807) is 29.2 Å². The average Bonchev–Trinajstić information content (AvgIpc) is 3.35. The van der Waals surface area contributed by atoms with E-state index in [1.165, 1.54) is 24.4 Å². The molecule has 0 aliphatic carbocycles. The number of hydrogen-bond acceptors (Lipinski definition) is 5. The monoisotopic (exact) mass is 487 g/mol. The molecule has 0 radical (unpaired) electrons. The first kappa shape index (κ1) is 24.2. The molecular weight excluding hydrogens is 463 g/mol. The van der Waals surface area contributed by atoms with Gasteiger partial charge in [0, 0.05) is 24.7 Å². The lowest BCUT2D eigenvalue weighted by atomic mass is 10.0. The molecule has 4 rings (SSSR count). The first-order valence-electron chi connectivity index (χ1n) is 11.2. The summed E-state index contributed by atoms with van der Waals surface area (Å²) in [5, 5.41) is 10.3. The van der Waals surface area contributed by atoms with Crippen molar-refractivity contribution in [3.05, 3.63) is 71.5 Å². The van der Waals surface area contributed by atoms with Gasteiger partial charge in [0.1, 0.15) is 5.75 Å². The van der Waals surface area contributed by atoms with Crippen LogP contribution in [0, 0.1) is 0 Å². The standard InChI is InChI=1S/C24H24F3N5O3/c1-2-35-18-9-7-16(8-10-18)23(34)31-13-11-17(12-14-31)28-22(33)20-15-32(30-29-20)21-6-4-3-5-19(21)24(25,26)27/h3-10,15,17H,2,11-14H2,1H3,(H,28,33). The summed E-state index contributed by atoms with van der Waals surface area (Å²) in [5.41, 5.74) is -0.615. The summed E-state index contributed by atoms with van der Waals surface area (Å²) in [4.78, 5) is 27.1. The highest BCUT2D eigenvalue weighted by atomic mass is 19.4. The van der Waals surface area contributed by atoms with Gasteiger partial charge < -0.3 is 15.0 Å². The molecule has 2 aromatic carbocycles. The summed E-state index contributed by atoms with van der Waals surface area (Å²) < 4.78 is 46.2. The minimum absolute atomic E-state index is 0.0881. The van der Waals surface area contributed by atoms with Gasteiger partial charge >= 0.3 is 6.18 Å². The molecule has 0 unspecified atom stereocenters. The van der Waals surface area contributed by atoms with Gasteiger partial charge in [-0.05, 0) is 56.2 Å². The molecule has 2 amide bonds. The molecule has 11 heteroatoms. The molecule has 35 heavy (non-hydrogen) atoms. The molecule has 1 aliphatic heterocycles. The quantitative estimate of drug-likeness (QED) is 0.573. The Balaban J connectivity index is 1.34. The first-order valence-corrected chi connectivity index (χ1v) is 11.2. The highest BCUT2D eigenvalue weighted by Crippen LogP contribution is 2.33. The van der Waals surface area contributed by atoms with E-state index >= 15 is 0 Å². The van der Waals surface area contributed by atoms with Crippen LogP contribution in [0.3, 0.4) is 0 Å². The predicted octanol–water partition coefficient (Wildman–Crippen LogP) is 3.72. The van der Waals surface area contributed by atoms with Crippen molar-refractivity contribution in [3.63, 3.8) is 0 Å². The number of carbonyl (C=O) groups excluding carboxylic acids is 2. The van der Waals surface area contributed by atoms with Crippen molar-refractivity contribution < 1.29 is 27.5 Å². The third kappa shape index (κ3) is 5.61. The number of likely N-dealkylation sites (tertiary alicyclic amines) is 1. The number of nitrogens with one attached hydrogen (secondary N) is 1. The number of nitrogens with zero attached hydrogens (tertiary/aromatic N) is 4. The average molecular weight is 487 g/mol. The van der Waals surface area contributed by atoms with Crippen LogP contribution in [-0.2, 0) is 6.18 Å². The second-order valence-corrected chi connectivity index (χ2v) is 8.06. The van der Waals surface area contributed by atoms with Gasteiger partial charge in [-0.3, -0.25) is 9.59 Å². The predicted molar refractivity (Wildman–Crippen MR) is 120 cm³/mol. The molecule has 1 N–H and O–H groups in total. The third-order valence-electron chi connectivity index (χ3n) is 5.71. The lowest BCUT2D eigenvalue weighted by molar-refractivity contribution is -0.137. The van der Waals surface area contributed by atoms with E-state index in [2.05, 4.69) is 15.6 Å². The van der Waals surface area contributed by atoms with Crippen LogP contribution < -0.4 is 10.1 Å². The Morgan fingerprint density at radius 3 is 2.43 bits per heavy atom. The Hall–Kier alpha value is -3.89. The number of rotatable bonds is 6.